The van der Waals surface area contributed by atoms with Crippen molar-refractivity contribution in [3.63, 3.8) is 0 Å². The quantitative estimate of drug-likeness (QED) is 0.825. The normalized spacial score (nSPS) is 10.9. The van der Waals surface area contributed by atoms with Crippen LogP contribution >= 0.6 is 0 Å². The van der Waals surface area contributed by atoms with E-state index in [1.807, 2.05) is 30.3 Å². The molecule has 1 N–H and O–H groups in total. The van der Waals surface area contributed by atoms with E-state index in [2.05, 4.69) is 16.4 Å². The fourth-order valence-electron chi connectivity index (χ4n) is 2.09. The zero-order chi connectivity index (χ0) is 15.1. The number of benzene rings is 1. The van der Waals surface area contributed by atoms with Gasteiger partial charge in [0, 0.05) is 26.0 Å². The molecule has 0 amide bonds. The second-order valence-electron chi connectivity index (χ2n) is 4.39. The maximum absolute atomic E-state index is 9.09. The molecule has 0 atom stereocenters. The molecule has 1 heterocycles. The Morgan fingerprint density at radius 1 is 1.14 bits per heavy atom. The van der Waals surface area contributed by atoms with Gasteiger partial charge < -0.3 is 14.8 Å². The van der Waals surface area contributed by atoms with E-state index in [9.17, 15) is 0 Å². The van der Waals surface area contributed by atoms with Crippen LogP contribution in [0.25, 0.3) is 0 Å². The number of ether oxygens (including phenoxy) is 2. The summed E-state index contributed by atoms with van der Waals surface area (Å²) in [5.74, 6) is -0.430. The molecule has 0 saturated carbocycles. The molecular formula is C16H17N3O2. The molecule has 5 nitrogen and oxygen atoms in total. The van der Waals surface area contributed by atoms with Crippen LogP contribution in [-0.4, -0.2) is 25.7 Å². The highest BCUT2D eigenvalue weighted by atomic mass is 16.7. The van der Waals surface area contributed by atoms with E-state index in [0.717, 1.165) is 5.56 Å². The third-order valence-electron chi connectivity index (χ3n) is 3.29. The molecule has 2 rings (SSSR count). The molecule has 0 radical (unpaired) electrons. The summed E-state index contributed by atoms with van der Waals surface area (Å²) in [4.78, 5) is 4.17. The molecule has 21 heavy (non-hydrogen) atoms. The first-order valence-electron chi connectivity index (χ1n) is 6.50. The van der Waals surface area contributed by atoms with Crippen molar-refractivity contribution in [2.75, 3.05) is 26.1 Å². The van der Waals surface area contributed by atoms with Crippen LogP contribution in [-0.2, 0) is 15.3 Å². The standard InChI is InChI=1S/C16H17N3O2/c1-20-16(21-2,14-8-4-3-5-9-14)12-19-15-13(11-17)7-6-10-18-15/h3-10H,12H2,1-2H3,(H,18,19). The Labute approximate surface area is 124 Å². The van der Waals surface area contributed by atoms with Gasteiger partial charge in [-0.05, 0) is 12.1 Å². The molecule has 0 aliphatic heterocycles. The molecule has 0 spiro atoms. The maximum Gasteiger partial charge on any atom is 0.212 e. The molecular weight excluding hydrogens is 266 g/mol. The molecule has 5 heteroatoms. The highest BCUT2D eigenvalue weighted by Gasteiger charge is 2.32. The molecule has 0 unspecified atom stereocenters. The number of rotatable bonds is 6. The third-order valence-corrected chi connectivity index (χ3v) is 3.29. The van der Waals surface area contributed by atoms with Crippen molar-refractivity contribution in [3.05, 3.63) is 59.8 Å². The Kier molecular flexibility index (Phi) is 4.88. The van der Waals surface area contributed by atoms with E-state index in [1.54, 1.807) is 32.5 Å². The lowest BCUT2D eigenvalue weighted by atomic mass is 10.1. The molecule has 0 fully saturated rings. The van der Waals surface area contributed by atoms with Gasteiger partial charge in [0.15, 0.2) is 0 Å². The molecule has 1 aromatic heterocycles. The Morgan fingerprint density at radius 2 is 1.86 bits per heavy atom. The summed E-state index contributed by atoms with van der Waals surface area (Å²) in [6, 6.07) is 15.2. The number of anilines is 1. The van der Waals surface area contributed by atoms with E-state index in [0.29, 0.717) is 17.9 Å². The summed E-state index contributed by atoms with van der Waals surface area (Å²) in [6.45, 7) is 0.329. The number of pyridine rings is 1. The predicted molar refractivity (Wildman–Crippen MR) is 79.6 cm³/mol. The van der Waals surface area contributed by atoms with Gasteiger partial charge in [0.1, 0.15) is 11.9 Å². The smallest absolute Gasteiger partial charge is 0.212 e. The number of aromatic nitrogens is 1. The van der Waals surface area contributed by atoms with E-state index < -0.39 is 5.79 Å². The van der Waals surface area contributed by atoms with Crippen molar-refractivity contribution in [1.29, 1.82) is 5.26 Å². The van der Waals surface area contributed by atoms with Crippen molar-refractivity contribution in [2.45, 2.75) is 5.79 Å². The first-order valence-corrected chi connectivity index (χ1v) is 6.50. The molecule has 0 saturated heterocycles. The van der Waals surface area contributed by atoms with Gasteiger partial charge in [-0.1, -0.05) is 30.3 Å². The molecule has 0 aliphatic carbocycles. The summed E-state index contributed by atoms with van der Waals surface area (Å²) in [5.41, 5.74) is 1.36. The molecule has 1 aromatic carbocycles. The number of methoxy groups -OCH3 is 2. The van der Waals surface area contributed by atoms with Crippen LogP contribution in [0, 0.1) is 11.3 Å². The topological polar surface area (TPSA) is 67.2 Å². The van der Waals surface area contributed by atoms with Gasteiger partial charge in [-0.2, -0.15) is 5.26 Å². The minimum absolute atomic E-state index is 0.329. The predicted octanol–water partition coefficient (Wildman–Crippen LogP) is 2.51. The number of nitriles is 1. The third kappa shape index (κ3) is 3.19. The monoisotopic (exact) mass is 283 g/mol. The van der Waals surface area contributed by atoms with Crippen LogP contribution in [0.1, 0.15) is 11.1 Å². The zero-order valence-corrected chi connectivity index (χ0v) is 12.0. The number of hydrogen-bond acceptors (Lipinski definition) is 5. The SMILES string of the molecule is COC(CNc1ncccc1C#N)(OC)c1ccccc1. The maximum atomic E-state index is 9.09. The van der Waals surface area contributed by atoms with Crippen molar-refractivity contribution < 1.29 is 9.47 Å². The number of hydrogen-bond donors (Lipinski definition) is 1. The molecule has 0 bridgehead atoms. The molecule has 108 valence electrons. The summed E-state index contributed by atoms with van der Waals surface area (Å²) in [5, 5.41) is 12.2. The number of nitrogens with zero attached hydrogens (tertiary/aromatic N) is 2. The van der Waals surface area contributed by atoms with Crippen LogP contribution < -0.4 is 5.32 Å². The van der Waals surface area contributed by atoms with Crippen LogP contribution in [0.15, 0.2) is 48.7 Å². The summed E-state index contributed by atoms with van der Waals surface area (Å²) in [6.07, 6.45) is 1.63. The summed E-state index contributed by atoms with van der Waals surface area (Å²) >= 11 is 0. The zero-order valence-electron chi connectivity index (χ0n) is 12.0. The first-order chi connectivity index (χ1) is 10.3. The molecule has 0 aliphatic rings. The van der Waals surface area contributed by atoms with Crippen LogP contribution in [0.5, 0.6) is 0 Å². The average molecular weight is 283 g/mol. The van der Waals surface area contributed by atoms with Gasteiger partial charge in [0.2, 0.25) is 5.79 Å². The van der Waals surface area contributed by atoms with Crippen molar-refractivity contribution in [3.8, 4) is 6.07 Å². The lowest BCUT2D eigenvalue weighted by molar-refractivity contribution is -0.205. The minimum atomic E-state index is -0.939. The Bertz CT molecular complexity index is 619. The second-order valence-corrected chi connectivity index (χ2v) is 4.39. The second kappa shape index (κ2) is 6.84. The van der Waals surface area contributed by atoms with Gasteiger partial charge in [-0.25, -0.2) is 4.98 Å². The largest absolute Gasteiger partial charge is 0.363 e. The van der Waals surface area contributed by atoms with Gasteiger partial charge >= 0.3 is 0 Å². The first kappa shape index (κ1) is 15.0. The lowest BCUT2D eigenvalue weighted by Crippen LogP contribution is -2.38. The van der Waals surface area contributed by atoms with Gasteiger partial charge in [-0.15, -0.1) is 0 Å². The molecule has 2 aromatic rings. The fraction of sp³-hybridized carbons (Fsp3) is 0.250. The van der Waals surface area contributed by atoms with Crippen LogP contribution in [0.3, 0.4) is 0 Å². The van der Waals surface area contributed by atoms with Gasteiger partial charge in [-0.3, -0.25) is 0 Å². The van der Waals surface area contributed by atoms with E-state index in [1.165, 1.54) is 0 Å². The Balaban J connectivity index is 2.24. The number of nitrogens with one attached hydrogen (secondary N) is 1. The van der Waals surface area contributed by atoms with Gasteiger partial charge in [0.05, 0.1) is 12.1 Å². The lowest BCUT2D eigenvalue weighted by Gasteiger charge is -2.31. The summed E-state index contributed by atoms with van der Waals surface area (Å²) < 4.78 is 11.1. The Hall–Kier alpha value is -2.42. The van der Waals surface area contributed by atoms with E-state index in [-0.39, 0.29) is 0 Å². The van der Waals surface area contributed by atoms with E-state index in [4.69, 9.17) is 14.7 Å². The highest BCUT2D eigenvalue weighted by Crippen LogP contribution is 2.26. The van der Waals surface area contributed by atoms with Gasteiger partial charge in [0.25, 0.3) is 0 Å². The van der Waals surface area contributed by atoms with Crippen LogP contribution in [0.2, 0.25) is 0 Å². The van der Waals surface area contributed by atoms with Crippen molar-refractivity contribution >= 4 is 5.82 Å². The van der Waals surface area contributed by atoms with E-state index >= 15 is 0 Å². The van der Waals surface area contributed by atoms with Crippen molar-refractivity contribution in [2.24, 2.45) is 0 Å². The fourth-order valence-corrected chi connectivity index (χ4v) is 2.09. The Morgan fingerprint density at radius 3 is 2.48 bits per heavy atom. The summed E-state index contributed by atoms with van der Waals surface area (Å²) in [7, 11) is 3.17. The van der Waals surface area contributed by atoms with Crippen LogP contribution in [0.4, 0.5) is 5.82 Å². The average Bonchev–Trinajstić information content (AvgIpc) is 2.57. The van der Waals surface area contributed by atoms with Crippen molar-refractivity contribution in [1.82, 2.24) is 4.98 Å². The minimum Gasteiger partial charge on any atom is -0.363 e. The highest BCUT2D eigenvalue weighted by molar-refractivity contribution is 5.51.